The van der Waals surface area contributed by atoms with Gasteiger partial charge in [0.25, 0.3) is 0 Å². The van der Waals surface area contributed by atoms with Crippen LogP contribution in [0.4, 0.5) is 5.69 Å². The Balaban J connectivity index is 2.28. The average Bonchev–Trinajstić information content (AvgIpc) is 2.27. The summed E-state index contributed by atoms with van der Waals surface area (Å²) in [6.07, 6.45) is 0. The van der Waals surface area contributed by atoms with Crippen LogP contribution in [0.2, 0.25) is 10.0 Å². The second-order valence-electron chi connectivity index (χ2n) is 3.36. The highest BCUT2D eigenvalue weighted by Crippen LogP contribution is 2.36. The van der Waals surface area contributed by atoms with E-state index in [0.29, 0.717) is 10.0 Å². The minimum absolute atomic E-state index is 0.548. The van der Waals surface area contributed by atoms with Gasteiger partial charge in [-0.25, -0.2) is 0 Å². The standard InChI is InChI=1S/C12H8BrCl2NS/c13-7-1-4-12(11(16)5-7)17-8-2-3-9(14)10(15)6-8/h1-6H,16H2. The third kappa shape index (κ3) is 3.32. The molecule has 17 heavy (non-hydrogen) atoms. The summed E-state index contributed by atoms with van der Waals surface area (Å²) in [5, 5.41) is 1.10. The lowest BCUT2D eigenvalue weighted by molar-refractivity contribution is 1.40. The Kier molecular flexibility index (Phi) is 4.26. The van der Waals surface area contributed by atoms with Gasteiger partial charge in [0.1, 0.15) is 0 Å². The number of anilines is 1. The van der Waals surface area contributed by atoms with Gasteiger partial charge in [-0.05, 0) is 36.4 Å². The molecule has 0 radical (unpaired) electrons. The highest BCUT2D eigenvalue weighted by molar-refractivity contribution is 9.10. The SMILES string of the molecule is Nc1cc(Br)ccc1Sc1ccc(Cl)c(Cl)c1. The molecule has 2 aromatic carbocycles. The smallest absolute Gasteiger partial charge is 0.0603 e. The van der Waals surface area contributed by atoms with Gasteiger partial charge in [-0.15, -0.1) is 0 Å². The van der Waals surface area contributed by atoms with E-state index in [1.54, 1.807) is 17.8 Å². The zero-order valence-electron chi connectivity index (χ0n) is 8.58. The fraction of sp³-hybridized carbons (Fsp3) is 0. The van der Waals surface area contributed by atoms with Crippen molar-refractivity contribution in [2.24, 2.45) is 0 Å². The molecule has 2 rings (SSSR count). The van der Waals surface area contributed by atoms with E-state index in [1.807, 2.05) is 30.3 Å². The Bertz CT molecular complexity index is 560. The van der Waals surface area contributed by atoms with Crippen molar-refractivity contribution in [3.8, 4) is 0 Å². The number of nitrogen functional groups attached to an aromatic ring is 1. The Morgan fingerprint density at radius 3 is 2.41 bits per heavy atom. The first-order valence-corrected chi connectivity index (χ1v) is 7.11. The van der Waals surface area contributed by atoms with E-state index in [-0.39, 0.29) is 0 Å². The molecule has 0 aliphatic rings. The highest BCUT2D eigenvalue weighted by atomic mass is 79.9. The Morgan fingerprint density at radius 2 is 1.76 bits per heavy atom. The van der Waals surface area contributed by atoms with Crippen LogP contribution in [-0.2, 0) is 0 Å². The molecular formula is C12H8BrCl2NS. The van der Waals surface area contributed by atoms with Crippen LogP contribution in [-0.4, -0.2) is 0 Å². The first kappa shape index (κ1) is 13.1. The van der Waals surface area contributed by atoms with Crippen molar-refractivity contribution in [2.45, 2.75) is 9.79 Å². The van der Waals surface area contributed by atoms with Crippen LogP contribution >= 0.6 is 50.9 Å². The number of nitrogens with two attached hydrogens (primary N) is 1. The second kappa shape index (κ2) is 5.53. The van der Waals surface area contributed by atoms with Crippen LogP contribution in [0.1, 0.15) is 0 Å². The molecule has 0 bridgehead atoms. The van der Waals surface area contributed by atoms with Crippen molar-refractivity contribution >= 4 is 56.6 Å². The molecule has 0 heterocycles. The average molecular weight is 349 g/mol. The predicted octanol–water partition coefficient (Wildman–Crippen LogP) is 5.49. The predicted molar refractivity (Wildman–Crippen MR) is 79.1 cm³/mol. The molecule has 0 atom stereocenters. The molecule has 0 amide bonds. The van der Waals surface area contributed by atoms with Gasteiger partial charge in [0.2, 0.25) is 0 Å². The van der Waals surface area contributed by atoms with Gasteiger partial charge < -0.3 is 5.73 Å². The van der Waals surface area contributed by atoms with Gasteiger partial charge in [0, 0.05) is 20.0 Å². The lowest BCUT2D eigenvalue weighted by atomic mass is 10.3. The first-order valence-electron chi connectivity index (χ1n) is 4.74. The summed E-state index contributed by atoms with van der Waals surface area (Å²) >= 11 is 16.8. The van der Waals surface area contributed by atoms with Crippen molar-refractivity contribution in [2.75, 3.05) is 5.73 Å². The van der Waals surface area contributed by atoms with Gasteiger partial charge >= 0.3 is 0 Å². The van der Waals surface area contributed by atoms with Crippen LogP contribution in [0.15, 0.2) is 50.7 Å². The summed E-state index contributed by atoms with van der Waals surface area (Å²) in [5.41, 5.74) is 6.66. The molecule has 0 unspecified atom stereocenters. The van der Waals surface area contributed by atoms with E-state index in [0.717, 1.165) is 20.0 Å². The van der Waals surface area contributed by atoms with Crippen LogP contribution in [0.25, 0.3) is 0 Å². The van der Waals surface area contributed by atoms with Crippen LogP contribution < -0.4 is 5.73 Å². The quantitative estimate of drug-likeness (QED) is 0.726. The number of hydrogen-bond acceptors (Lipinski definition) is 2. The second-order valence-corrected chi connectivity index (χ2v) is 6.21. The maximum absolute atomic E-state index is 5.96. The highest BCUT2D eigenvalue weighted by Gasteiger charge is 2.04. The molecule has 0 spiro atoms. The lowest BCUT2D eigenvalue weighted by Gasteiger charge is -2.06. The molecule has 0 aliphatic carbocycles. The fourth-order valence-corrected chi connectivity index (χ4v) is 2.90. The van der Waals surface area contributed by atoms with E-state index >= 15 is 0 Å². The fourth-order valence-electron chi connectivity index (χ4n) is 1.28. The van der Waals surface area contributed by atoms with Crippen molar-refractivity contribution in [1.82, 2.24) is 0 Å². The molecule has 0 aromatic heterocycles. The normalized spacial score (nSPS) is 10.5. The number of hydrogen-bond donors (Lipinski definition) is 1. The van der Waals surface area contributed by atoms with Gasteiger partial charge in [-0.3, -0.25) is 0 Å². The molecule has 1 nitrogen and oxygen atoms in total. The summed E-state index contributed by atoms with van der Waals surface area (Å²) in [7, 11) is 0. The summed E-state index contributed by atoms with van der Waals surface area (Å²) in [4.78, 5) is 2.00. The van der Waals surface area contributed by atoms with Crippen molar-refractivity contribution in [3.63, 3.8) is 0 Å². The summed E-state index contributed by atoms with van der Waals surface area (Å²) in [6, 6.07) is 11.3. The van der Waals surface area contributed by atoms with Crippen LogP contribution in [0, 0.1) is 0 Å². The van der Waals surface area contributed by atoms with E-state index in [1.165, 1.54) is 0 Å². The maximum Gasteiger partial charge on any atom is 0.0603 e. The summed E-state index contributed by atoms with van der Waals surface area (Å²) in [6.45, 7) is 0. The van der Waals surface area contributed by atoms with E-state index in [2.05, 4.69) is 15.9 Å². The molecule has 88 valence electrons. The molecule has 2 aromatic rings. The van der Waals surface area contributed by atoms with E-state index < -0.39 is 0 Å². The molecule has 0 saturated heterocycles. The summed E-state index contributed by atoms with van der Waals surface area (Å²) < 4.78 is 0.966. The topological polar surface area (TPSA) is 26.0 Å². The van der Waals surface area contributed by atoms with Crippen molar-refractivity contribution < 1.29 is 0 Å². The Morgan fingerprint density at radius 1 is 1.00 bits per heavy atom. The number of halogens is 3. The molecular weight excluding hydrogens is 341 g/mol. The van der Waals surface area contributed by atoms with Crippen LogP contribution in [0.3, 0.4) is 0 Å². The largest absolute Gasteiger partial charge is 0.398 e. The molecule has 0 fully saturated rings. The van der Waals surface area contributed by atoms with E-state index in [9.17, 15) is 0 Å². The Labute approximate surface area is 122 Å². The minimum Gasteiger partial charge on any atom is -0.398 e. The monoisotopic (exact) mass is 347 g/mol. The van der Waals surface area contributed by atoms with Gasteiger partial charge in [0.05, 0.1) is 10.0 Å². The third-order valence-corrected chi connectivity index (χ3v) is 4.40. The van der Waals surface area contributed by atoms with Gasteiger partial charge in [-0.2, -0.15) is 0 Å². The minimum atomic E-state index is 0.548. The zero-order valence-corrected chi connectivity index (χ0v) is 12.5. The lowest BCUT2D eigenvalue weighted by Crippen LogP contribution is -1.88. The molecule has 5 heteroatoms. The maximum atomic E-state index is 5.96. The molecule has 0 aliphatic heterocycles. The number of rotatable bonds is 2. The summed E-state index contributed by atoms with van der Waals surface area (Å²) in [5.74, 6) is 0. The van der Waals surface area contributed by atoms with Gasteiger partial charge in [0.15, 0.2) is 0 Å². The Hall–Kier alpha value is -0.350. The first-order chi connectivity index (χ1) is 8.06. The third-order valence-electron chi connectivity index (χ3n) is 2.09. The van der Waals surface area contributed by atoms with Crippen LogP contribution in [0.5, 0.6) is 0 Å². The molecule has 2 N–H and O–H groups in total. The van der Waals surface area contributed by atoms with E-state index in [4.69, 9.17) is 28.9 Å². The zero-order chi connectivity index (χ0) is 12.4. The van der Waals surface area contributed by atoms with Gasteiger partial charge in [-0.1, -0.05) is 50.9 Å². The molecule has 0 saturated carbocycles. The van der Waals surface area contributed by atoms with Crippen molar-refractivity contribution in [3.05, 3.63) is 50.9 Å². The number of benzene rings is 2. The van der Waals surface area contributed by atoms with Crippen molar-refractivity contribution in [1.29, 1.82) is 0 Å².